The maximum absolute atomic E-state index is 12.5. The number of hydrogen-bond donors (Lipinski definition) is 2. The van der Waals surface area contributed by atoms with Gasteiger partial charge in [0.15, 0.2) is 9.84 Å². The minimum Gasteiger partial charge on any atom is -0.344 e. The van der Waals surface area contributed by atoms with Crippen LogP contribution in [-0.2, 0) is 37.5 Å². The Bertz CT molecular complexity index is 1290. The Morgan fingerprint density at radius 3 is 2.45 bits per heavy atom. The van der Waals surface area contributed by atoms with Crippen LogP contribution in [0.2, 0.25) is 10.0 Å². The van der Waals surface area contributed by atoms with Crippen molar-refractivity contribution in [2.75, 3.05) is 5.32 Å². The van der Waals surface area contributed by atoms with Gasteiger partial charge in [-0.2, -0.15) is 5.10 Å². The smallest absolute Gasteiger partial charge is 0.314 e. The predicted octanol–water partition coefficient (Wildman–Crippen LogP) is 2.86. The molecule has 0 atom stereocenters. The summed E-state index contributed by atoms with van der Waals surface area (Å²) in [5, 5.41) is 10.4. The quantitative estimate of drug-likeness (QED) is 0.560. The number of aromatic nitrogens is 2. The van der Waals surface area contributed by atoms with Crippen molar-refractivity contribution in [2.24, 2.45) is 0 Å². The van der Waals surface area contributed by atoms with E-state index in [2.05, 4.69) is 15.7 Å². The summed E-state index contributed by atoms with van der Waals surface area (Å²) in [5.74, 6) is -2.19. The second-order valence-corrected chi connectivity index (χ2v) is 9.90. The van der Waals surface area contributed by atoms with Crippen LogP contribution in [0.4, 0.5) is 5.82 Å². The Balaban J connectivity index is 1.57. The third kappa shape index (κ3) is 4.73. The van der Waals surface area contributed by atoms with Crippen molar-refractivity contribution in [3.8, 4) is 5.69 Å². The molecule has 0 saturated heterocycles. The largest absolute Gasteiger partial charge is 0.344 e. The standard InChI is InChI=1S/C20H16Cl2N4O4S/c21-13-6-4-12(5-7-13)9-23-19(27)20(28)24-18-16-10-31(29,30)11-17(16)25-26(18)15-3-1-2-14(22)8-15/h1-8H,9-11H2,(H,23,27)(H,24,28). The van der Waals surface area contributed by atoms with Gasteiger partial charge >= 0.3 is 11.8 Å². The van der Waals surface area contributed by atoms with Crippen molar-refractivity contribution < 1.29 is 18.0 Å². The van der Waals surface area contributed by atoms with Gasteiger partial charge in [-0.3, -0.25) is 9.59 Å². The summed E-state index contributed by atoms with van der Waals surface area (Å²) >= 11 is 11.9. The van der Waals surface area contributed by atoms with Gasteiger partial charge in [-0.15, -0.1) is 0 Å². The van der Waals surface area contributed by atoms with E-state index in [1.807, 2.05) is 0 Å². The number of anilines is 1. The number of benzene rings is 2. The first kappa shape index (κ1) is 21.4. The van der Waals surface area contributed by atoms with Crippen LogP contribution in [-0.4, -0.2) is 30.0 Å². The molecule has 0 aliphatic carbocycles. The molecule has 0 spiro atoms. The highest BCUT2D eigenvalue weighted by Gasteiger charge is 2.33. The number of carbonyl (C=O) groups is 2. The maximum atomic E-state index is 12.5. The number of halogens is 2. The number of fused-ring (bicyclic) bond motifs is 1. The van der Waals surface area contributed by atoms with Gasteiger partial charge in [-0.25, -0.2) is 13.1 Å². The lowest BCUT2D eigenvalue weighted by Gasteiger charge is -2.11. The molecule has 0 fully saturated rings. The van der Waals surface area contributed by atoms with Crippen molar-refractivity contribution in [1.29, 1.82) is 0 Å². The number of nitrogens with one attached hydrogen (secondary N) is 2. The van der Waals surface area contributed by atoms with Crippen molar-refractivity contribution >= 4 is 50.7 Å². The van der Waals surface area contributed by atoms with E-state index in [9.17, 15) is 18.0 Å². The molecule has 0 unspecified atom stereocenters. The zero-order valence-electron chi connectivity index (χ0n) is 15.9. The monoisotopic (exact) mass is 478 g/mol. The van der Waals surface area contributed by atoms with Crippen LogP contribution in [0.15, 0.2) is 48.5 Å². The Kier molecular flexibility index (Phi) is 5.74. The zero-order valence-corrected chi connectivity index (χ0v) is 18.3. The second-order valence-electron chi connectivity index (χ2n) is 6.96. The molecule has 1 aliphatic heterocycles. The lowest BCUT2D eigenvalue weighted by molar-refractivity contribution is -0.136. The van der Waals surface area contributed by atoms with Crippen LogP contribution in [0.25, 0.3) is 5.69 Å². The first-order valence-electron chi connectivity index (χ1n) is 9.12. The summed E-state index contributed by atoms with van der Waals surface area (Å²) in [7, 11) is -3.36. The van der Waals surface area contributed by atoms with E-state index in [0.717, 1.165) is 5.56 Å². The predicted molar refractivity (Wildman–Crippen MR) is 117 cm³/mol. The number of sulfone groups is 1. The molecule has 3 aromatic rings. The van der Waals surface area contributed by atoms with Crippen LogP contribution in [0.3, 0.4) is 0 Å². The van der Waals surface area contributed by atoms with Crippen molar-refractivity contribution in [2.45, 2.75) is 18.1 Å². The van der Waals surface area contributed by atoms with Crippen molar-refractivity contribution in [1.82, 2.24) is 15.1 Å². The number of nitrogens with zero attached hydrogens (tertiary/aromatic N) is 2. The fraction of sp³-hybridized carbons (Fsp3) is 0.150. The first-order valence-corrected chi connectivity index (χ1v) is 11.7. The molecule has 31 heavy (non-hydrogen) atoms. The van der Waals surface area contributed by atoms with E-state index in [1.165, 1.54) is 4.68 Å². The van der Waals surface area contributed by atoms with Crippen LogP contribution in [0.1, 0.15) is 16.8 Å². The zero-order chi connectivity index (χ0) is 22.2. The van der Waals surface area contributed by atoms with Crippen LogP contribution >= 0.6 is 23.2 Å². The van der Waals surface area contributed by atoms with E-state index in [4.69, 9.17) is 23.2 Å². The molecule has 0 radical (unpaired) electrons. The minimum absolute atomic E-state index is 0.128. The van der Waals surface area contributed by atoms with E-state index in [1.54, 1.807) is 48.5 Å². The van der Waals surface area contributed by atoms with Gasteiger partial charge in [0.1, 0.15) is 5.82 Å². The average molecular weight is 479 g/mol. The summed E-state index contributed by atoms with van der Waals surface area (Å²) < 4.78 is 25.5. The molecule has 0 bridgehead atoms. The molecule has 4 rings (SSSR count). The molecule has 2 amide bonds. The molecule has 11 heteroatoms. The summed E-state index contributed by atoms with van der Waals surface area (Å²) in [6, 6.07) is 13.5. The van der Waals surface area contributed by atoms with Crippen LogP contribution in [0.5, 0.6) is 0 Å². The third-order valence-corrected chi connectivity index (χ3v) is 6.57. The molecule has 1 aliphatic rings. The molecule has 160 valence electrons. The van der Waals surface area contributed by atoms with Crippen molar-refractivity contribution in [3.63, 3.8) is 0 Å². The number of rotatable bonds is 4. The van der Waals surface area contributed by atoms with Gasteiger partial charge in [0.25, 0.3) is 0 Å². The SMILES string of the molecule is O=C(NCc1ccc(Cl)cc1)C(=O)Nc1c2c(nn1-c1cccc(Cl)c1)CS(=O)(=O)C2. The Hall–Kier alpha value is -2.88. The lowest BCUT2D eigenvalue weighted by Crippen LogP contribution is -2.35. The summed E-state index contributed by atoms with van der Waals surface area (Å²) in [6.45, 7) is 0.128. The molecular formula is C20H16Cl2N4O4S. The van der Waals surface area contributed by atoms with Gasteiger partial charge in [0.05, 0.1) is 22.9 Å². The van der Waals surface area contributed by atoms with Gasteiger partial charge in [-0.1, -0.05) is 41.4 Å². The van der Waals surface area contributed by atoms with Gasteiger partial charge in [-0.05, 0) is 35.9 Å². The van der Waals surface area contributed by atoms with E-state index in [-0.39, 0.29) is 23.9 Å². The normalized spacial score (nSPS) is 14.1. The number of carbonyl (C=O) groups excluding carboxylic acids is 2. The third-order valence-electron chi connectivity index (χ3n) is 4.64. The fourth-order valence-corrected chi connectivity index (χ4v) is 5.00. The molecule has 1 aromatic heterocycles. The van der Waals surface area contributed by atoms with E-state index < -0.39 is 21.7 Å². The molecule has 2 N–H and O–H groups in total. The van der Waals surface area contributed by atoms with Crippen LogP contribution in [0, 0.1) is 0 Å². The topological polar surface area (TPSA) is 110 Å². The molecule has 2 heterocycles. The van der Waals surface area contributed by atoms with E-state index in [0.29, 0.717) is 27.0 Å². The lowest BCUT2D eigenvalue weighted by atomic mass is 10.2. The highest BCUT2D eigenvalue weighted by Crippen LogP contribution is 2.33. The Morgan fingerprint density at radius 2 is 1.74 bits per heavy atom. The highest BCUT2D eigenvalue weighted by atomic mass is 35.5. The van der Waals surface area contributed by atoms with Gasteiger partial charge in [0.2, 0.25) is 0 Å². The first-order chi connectivity index (χ1) is 14.7. The Labute approximate surface area is 188 Å². The Morgan fingerprint density at radius 1 is 1.00 bits per heavy atom. The molecule has 2 aromatic carbocycles. The number of hydrogen-bond acceptors (Lipinski definition) is 5. The summed E-state index contributed by atoms with van der Waals surface area (Å²) in [6.07, 6.45) is 0. The van der Waals surface area contributed by atoms with Gasteiger partial charge < -0.3 is 10.6 Å². The summed E-state index contributed by atoms with van der Waals surface area (Å²) in [4.78, 5) is 24.9. The average Bonchev–Trinajstić information content (AvgIpc) is 3.19. The van der Waals surface area contributed by atoms with Crippen LogP contribution < -0.4 is 10.6 Å². The number of amides is 2. The molecular weight excluding hydrogens is 463 g/mol. The molecule has 0 saturated carbocycles. The highest BCUT2D eigenvalue weighted by molar-refractivity contribution is 7.90. The summed E-state index contributed by atoms with van der Waals surface area (Å²) in [5.41, 5.74) is 1.98. The minimum atomic E-state index is -3.36. The van der Waals surface area contributed by atoms with E-state index >= 15 is 0 Å². The van der Waals surface area contributed by atoms with Gasteiger partial charge in [0, 0.05) is 22.2 Å². The van der Waals surface area contributed by atoms with Crippen molar-refractivity contribution in [3.05, 3.63) is 75.4 Å². The second kappa shape index (κ2) is 8.33. The molecule has 8 nitrogen and oxygen atoms in total. The fourth-order valence-electron chi connectivity index (χ4n) is 3.19. The maximum Gasteiger partial charge on any atom is 0.314 e.